The Morgan fingerprint density at radius 3 is 2.71 bits per heavy atom. The molecule has 6 nitrogen and oxygen atoms in total. The monoisotopic (exact) mass is 403 g/mol. The number of Topliss-reactive ketones (excluding diaryl/α,β-unsaturated/α-hetero) is 1. The molecule has 0 fully saturated rings. The molecule has 1 aliphatic carbocycles. The first-order chi connectivity index (χ1) is 13.4. The maximum atomic E-state index is 13.4. The van der Waals surface area contributed by atoms with Crippen molar-refractivity contribution in [1.29, 1.82) is 0 Å². The van der Waals surface area contributed by atoms with E-state index in [1.165, 1.54) is 18.4 Å². The van der Waals surface area contributed by atoms with E-state index in [1.807, 2.05) is 38.3 Å². The van der Waals surface area contributed by atoms with Gasteiger partial charge < -0.3 is 14.8 Å². The first-order valence-corrected chi connectivity index (χ1v) is 10.3. The molecule has 1 aromatic heterocycles. The number of methoxy groups -OCH3 is 1. The summed E-state index contributed by atoms with van der Waals surface area (Å²) >= 11 is 1.48. The summed E-state index contributed by atoms with van der Waals surface area (Å²) in [6.45, 7) is 5.94. The Hall–Kier alpha value is -2.41. The molecule has 0 aromatic carbocycles. The summed E-state index contributed by atoms with van der Waals surface area (Å²) in [5.41, 5.74) is 2.38. The van der Waals surface area contributed by atoms with Crippen LogP contribution in [0.3, 0.4) is 0 Å². The van der Waals surface area contributed by atoms with Crippen LogP contribution in [0, 0.1) is 11.8 Å². The van der Waals surface area contributed by atoms with Gasteiger partial charge in [0, 0.05) is 21.8 Å². The number of rotatable bonds is 5. The van der Waals surface area contributed by atoms with Gasteiger partial charge in [0.05, 0.1) is 25.2 Å². The summed E-state index contributed by atoms with van der Waals surface area (Å²) < 4.78 is 10.3. The molecule has 1 N–H and O–H groups in total. The minimum Gasteiger partial charge on any atom is -0.468 e. The average Bonchev–Trinajstić information content (AvgIpc) is 3.19. The van der Waals surface area contributed by atoms with Gasteiger partial charge in [0.25, 0.3) is 0 Å². The highest BCUT2D eigenvalue weighted by molar-refractivity contribution is 7.10. The van der Waals surface area contributed by atoms with Crippen LogP contribution >= 0.6 is 11.3 Å². The van der Waals surface area contributed by atoms with E-state index in [4.69, 9.17) is 9.47 Å². The molecule has 0 saturated carbocycles. The van der Waals surface area contributed by atoms with Gasteiger partial charge in [-0.2, -0.15) is 0 Å². The SMILES string of the molecule is CCCOC(=O)C1=C(C)NC2=C(C(=O)[C@H](C(=O)OC)[C@@H](C)C2)[C@@H]1c1cccs1. The number of hydrogen-bond acceptors (Lipinski definition) is 7. The van der Waals surface area contributed by atoms with Gasteiger partial charge in [-0.1, -0.05) is 19.9 Å². The van der Waals surface area contributed by atoms with Gasteiger partial charge in [-0.15, -0.1) is 11.3 Å². The van der Waals surface area contributed by atoms with Crippen molar-refractivity contribution in [3.63, 3.8) is 0 Å². The molecule has 2 heterocycles. The van der Waals surface area contributed by atoms with Gasteiger partial charge in [-0.3, -0.25) is 9.59 Å². The molecule has 7 heteroatoms. The first-order valence-electron chi connectivity index (χ1n) is 9.44. The number of allylic oxidation sites excluding steroid dienone is 3. The summed E-state index contributed by atoms with van der Waals surface area (Å²) in [4.78, 5) is 39.4. The Kier molecular flexibility index (Phi) is 6.03. The largest absolute Gasteiger partial charge is 0.468 e. The standard InChI is InChI=1S/C21H25NO5S/c1-5-8-27-21(25)16-12(3)22-13-10-11(2)15(20(24)26-4)19(23)17(13)18(16)14-7-6-9-28-14/h6-7,9,11,15,18,22H,5,8,10H2,1-4H3/t11-,15+,18+/m0/s1. The molecule has 3 rings (SSSR count). The lowest BCUT2D eigenvalue weighted by molar-refractivity contribution is -0.151. The Morgan fingerprint density at radius 1 is 1.36 bits per heavy atom. The fourth-order valence-electron chi connectivity index (χ4n) is 3.96. The van der Waals surface area contributed by atoms with E-state index in [2.05, 4.69) is 5.32 Å². The fourth-order valence-corrected chi connectivity index (χ4v) is 4.81. The highest BCUT2D eigenvalue weighted by atomic mass is 32.1. The molecular weight excluding hydrogens is 378 g/mol. The van der Waals surface area contributed by atoms with Crippen LogP contribution in [-0.4, -0.2) is 31.4 Å². The highest BCUT2D eigenvalue weighted by Crippen LogP contribution is 2.46. The number of nitrogens with one attached hydrogen (secondary N) is 1. The zero-order valence-corrected chi connectivity index (χ0v) is 17.4. The Balaban J connectivity index is 2.10. The number of carbonyl (C=O) groups excluding carboxylic acids is 3. The number of carbonyl (C=O) groups is 3. The molecule has 0 bridgehead atoms. The van der Waals surface area contributed by atoms with Crippen molar-refractivity contribution in [3.05, 3.63) is 44.9 Å². The molecule has 1 aromatic rings. The van der Waals surface area contributed by atoms with E-state index < -0.39 is 23.8 Å². The van der Waals surface area contributed by atoms with E-state index in [9.17, 15) is 14.4 Å². The van der Waals surface area contributed by atoms with E-state index in [1.54, 1.807) is 0 Å². The van der Waals surface area contributed by atoms with Crippen LogP contribution in [0.1, 0.15) is 44.4 Å². The third-order valence-corrected chi connectivity index (χ3v) is 6.17. The van der Waals surface area contributed by atoms with Gasteiger partial charge in [-0.05, 0) is 37.1 Å². The smallest absolute Gasteiger partial charge is 0.336 e. The quantitative estimate of drug-likeness (QED) is 0.600. The summed E-state index contributed by atoms with van der Waals surface area (Å²) in [7, 11) is 1.29. The highest BCUT2D eigenvalue weighted by Gasteiger charge is 2.47. The normalized spacial score (nSPS) is 24.6. The number of hydrogen-bond donors (Lipinski definition) is 1. The number of ether oxygens (including phenoxy) is 2. The lowest BCUT2D eigenvalue weighted by Crippen LogP contribution is -2.43. The average molecular weight is 404 g/mol. The topological polar surface area (TPSA) is 81.7 Å². The van der Waals surface area contributed by atoms with E-state index in [-0.39, 0.29) is 11.7 Å². The lowest BCUT2D eigenvalue weighted by atomic mass is 9.70. The van der Waals surface area contributed by atoms with Crippen molar-refractivity contribution in [3.8, 4) is 0 Å². The molecule has 0 unspecified atom stereocenters. The van der Waals surface area contributed by atoms with Crippen LogP contribution in [0.15, 0.2) is 40.1 Å². The third kappa shape index (κ3) is 3.51. The van der Waals surface area contributed by atoms with Gasteiger partial charge >= 0.3 is 11.9 Å². The van der Waals surface area contributed by atoms with Crippen LogP contribution < -0.4 is 5.32 Å². The maximum Gasteiger partial charge on any atom is 0.336 e. The van der Waals surface area contributed by atoms with E-state index in [0.29, 0.717) is 36.3 Å². The van der Waals surface area contributed by atoms with Gasteiger partial charge in [-0.25, -0.2) is 4.79 Å². The second-order valence-corrected chi connectivity index (χ2v) is 8.17. The molecule has 0 spiro atoms. The Labute approximate surface area is 168 Å². The third-order valence-electron chi connectivity index (χ3n) is 5.23. The van der Waals surface area contributed by atoms with Gasteiger partial charge in [0.2, 0.25) is 0 Å². The minimum atomic E-state index is -0.862. The Bertz CT molecular complexity index is 852. The molecule has 0 saturated heterocycles. The summed E-state index contributed by atoms with van der Waals surface area (Å²) in [6.07, 6.45) is 1.25. The van der Waals surface area contributed by atoms with Crippen LogP contribution in [-0.2, 0) is 23.9 Å². The zero-order chi connectivity index (χ0) is 20.4. The maximum absolute atomic E-state index is 13.4. The van der Waals surface area contributed by atoms with Crippen molar-refractivity contribution < 1.29 is 23.9 Å². The van der Waals surface area contributed by atoms with Crippen molar-refractivity contribution in [2.45, 2.75) is 39.5 Å². The minimum absolute atomic E-state index is 0.184. The molecule has 3 atom stereocenters. The summed E-state index contributed by atoms with van der Waals surface area (Å²) in [5.74, 6) is -2.82. The van der Waals surface area contributed by atoms with Crippen molar-refractivity contribution in [1.82, 2.24) is 5.32 Å². The predicted octanol–water partition coefficient (Wildman–Crippen LogP) is 3.31. The molecule has 2 aliphatic rings. The van der Waals surface area contributed by atoms with Crippen LogP contribution in [0.4, 0.5) is 0 Å². The first kappa shape index (κ1) is 20.3. The molecule has 28 heavy (non-hydrogen) atoms. The molecule has 1 aliphatic heterocycles. The Morgan fingerprint density at radius 2 is 2.11 bits per heavy atom. The van der Waals surface area contributed by atoms with Crippen LogP contribution in [0.2, 0.25) is 0 Å². The predicted molar refractivity (Wildman–Crippen MR) is 105 cm³/mol. The van der Waals surface area contributed by atoms with Gasteiger partial charge in [0.1, 0.15) is 5.92 Å². The molecule has 0 radical (unpaired) electrons. The van der Waals surface area contributed by atoms with Crippen LogP contribution in [0.25, 0.3) is 0 Å². The zero-order valence-electron chi connectivity index (χ0n) is 16.5. The van der Waals surface area contributed by atoms with Crippen molar-refractivity contribution >= 4 is 29.1 Å². The number of esters is 2. The lowest BCUT2D eigenvalue weighted by Gasteiger charge is -2.37. The second-order valence-electron chi connectivity index (χ2n) is 7.19. The molecule has 150 valence electrons. The van der Waals surface area contributed by atoms with Gasteiger partial charge in [0.15, 0.2) is 5.78 Å². The summed E-state index contributed by atoms with van der Waals surface area (Å²) in [5, 5.41) is 5.16. The number of thiophene rings is 1. The second kappa shape index (κ2) is 8.31. The number of dihydropyridines is 1. The summed E-state index contributed by atoms with van der Waals surface area (Å²) in [6, 6.07) is 3.80. The van der Waals surface area contributed by atoms with E-state index >= 15 is 0 Å². The van der Waals surface area contributed by atoms with E-state index in [0.717, 1.165) is 10.6 Å². The fraction of sp³-hybridized carbons (Fsp3) is 0.476. The molecular formula is C21H25NO5S. The van der Waals surface area contributed by atoms with Crippen molar-refractivity contribution in [2.24, 2.45) is 11.8 Å². The van der Waals surface area contributed by atoms with Crippen molar-refractivity contribution in [2.75, 3.05) is 13.7 Å². The molecule has 0 amide bonds. The number of ketones is 1. The van der Waals surface area contributed by atoms with Crippen LogP contribution in [0.5, 0.6) is 0 Å².